The van der Waals surface area contributed by atoms with Crippen LogP contribution in [0.25, 0.3) is 0 Å². The van der Waals surface area contributed by atoms with Gasteiger partial charge >= 0.3 is 6.09 Å². The molecule has 0 aromatic heterocycles. The van der Waals surface area contributed by atoms with E-state index < -0.39 is 6.09 Å². The molecule has 1 amide bonds. The van der Waals surface area contributed by atoms with Crippen molar-refractivity contribution >= 4 is 23.4 Å². The van der Waals surface area contributed by atoms with Crippen molar-refractivity contribution < 1.29 is 9.53 Å². The van der Waals surface area contributed by atoms with E-state index in [-0.39, 0.29) is 10.8 Å². The number of anilines is 1. The second kappa shape index (κ2) is 7.09. The van der Waals surface area contributed by atoms with Crippen LogP contribution in [0.4, 0.5) is 10.5 Å². The molecule has 4 heteroatoms. The summed E-state index contributed by atoms with van der Waals surface area (Å²) in [7, 11) is 0. The fourth-order valence-electron chi connectivity index (χ4n) is 2.31. The van der Waals surface area contributed by atoms with Crippen LogP contribution >= 0.6 is 11.6 Å². The maximum absolute atomic E-state index is 12.2. The second-order valence-corrected chi connectivity index (χ2v) is 8.70. The minimum Gasteiger partial charge on any atom is -0.410 e. The minimum atomic E-state index is -0.520. The Morgan fingerprint density at radius 1 is 0.880 bits per heavy atom. The van der Waals surface area contributed by atoms with Crippen LogP contribution in [0, 0.1) is 0 Å². The van der Waals surface area contributed by atoms with Crippen LogP contribution in [-0.2, 0) is 10.8 Å². The second-order valence-electron chi connectivity index (χ2n) is 8.27. The Balaban J connectivity index is 2.25. The standard InChI is InChI=1S/C21H26ClNO2/c1-20(2,3)14-11-15(21(4,5)6)13-18(12-14)25-19(24)23-17-9-7-16(22)8-10-17/h7-13H,1-6H3,(H,23,24). The Bertz CT molecular complexity index is 721. The molecule has 2 aromatic carbocycles. The molecule has 0 unspecified atom stereocenters. The van der Waals surface area contributed by atoms with E-state index in [1.165, 1.54) is 0 Å². The molecule has 2 aromatic rings. The summed E-state index contributed by atoms with van der Waals surface area (Å²) >= 11 is 5.85. The van der Waals surface area contributed by atoms with Gasteiger partial charge in [-0.25, -0.2) is 4.79 Å². The van der Waals surface area contributed by atoms with E-state index in [4.69, 9.17) is 16.3 Å². The van der Waals surface area contributed by atoms with Crippen molar-refractivity contribution in [2.45, 2.75) is 52.4 Å². The summed E-state index contributed by atoms with van der Waals surface area (Å²) in [5, 5.41) is 3.33. The largest absolute Gasteiger partial charge is 0.417 e. The predicted molar refractivity (Wildman–Crippen MR) is 105 cm³/mol. The van der Waals surface area contributed by atoms with Crippen LogP contribution in [0.3, 0.4) is 0 Å². The van der Waals surface area contributed by atoms with Crippen molar-refractivity contribution in [1.29, 1.82) is 0 Å². The summed E-state index contributed by atoms with van der Waals surface area (Å²) in [6.07, 6.45) is -0.520. The molecule has 0 fully saturated rings. The van der Waals surface area contributed by atoms with Crippen molar-refractivity contribution in [3.63, 3.8) is 0 Å². The zero-order chi connectivity index (χ0) is 18.8. The van der Waals surface area contributed by atoms with Gasteiger partial charge in [0.05, 0.1) is 0 Å². The van der Waals surface area contributed by atoms with Crippen LogP contribution in [0.2, 0.25) is 5.02 Å². The molecule has 1 N–H and O–H groups in total. The first-order valence-corrected chi connectivity index (χ1v) is 8.73. The van der Waals surface area contributed by atoms with Gasteiger partial charge in [0.25, 0.3) is 0 Å². The van der Waals surface area contributed by atoms with Gasteiger partial charge in [0.15, 0.2) is 0 Å². The molecule has 0 aliphatic carbocycles. The third kappa shape index (κ3) is 5.50. The van der Waals surface area contributed by atoms with E-state index in [0.717, 1.165) is 11.1 Å². The quantitative estimate of drug-likeness (QED) is 0.660. The van der Waals surface area contributed by atoms with Crippen molar-refractivity contribution in [3.05, 3.63) is 58.6 Å². The summed E-state index contributed by atoms with van der Waals surface area (Å²) in [5.74, 6) is 0.545. The highest BCUT2D eigenvalue weighted by molar-refractivity contribution is 6.30. The average Bonchev–Trinajstić information content (AvgIpc) is 2.47. The molecule has 0 radical (unpaired) electrons. The van der Waals surface area contributed by atoms with Crippen LogP contribution in [0.5, 0.6) is 5.75 Å². The topological polar surface area (TPSA) is 38.3 Å². The summed E-state index contributed by atoms with van der Waals surface area (Å²) in [4.78, 5) is 12.2. The number of benzene rings is 2. The van der Waals surface area contributed by atoms with Crippen LogP contribution in [-0.4, -0.2) is 6.09 Å². The fourth-order valence-corrected chi connectivity index (χ4v) is 2.43. The molecule has 0 bridgehead atoms. The Morgan fingerprint density at radius 3 is 1.80 bits per heavy atom. The van der Waals surface area contributed by atoms with Crippen molar-refractivity contribution in [3.8, 4) is 5.75 Å². The average molecular weight is 360 g/mol. The molecule has 0 heterocycles. The van der Waals surface area contributed by atoms with Gasteiger partial charge in [-0.3, -0.25) is 5.32 Å². The lowest BCUT2D eigenvalue weighted by molar-refractivity contribution is 0.215. The normalized spacial score (nSPS) is 12.0. The molecule has 134 valence electrons. The van der Waals surface area contributed by atoms with Gasteiger partial charge in [0.1, 0.15) is 5.75 Å². The highest BCUT2D eigenvalue weighted by atomic mass is 35.5. The zero-order valence-electron chi connectivity index (χ0n) is 15.7. The molecule has 0 saturated carbocycles. The van der Waals surface area contributed by atoms with Gasteiger partial charge in [0.2, 0.25) is 0 Å². The number of nitrogens with one attached hydrogen (secondary N) is 1. The van der Waals surface area contributed by atoms with E-state index >= 15 is 0 Å². The van der Waals surface area contributed by atoms with E-state index in [1.807, 2.05) is 12.1 Å². The molecule has 25 heavy (non-hydrogen) atoms. The van der Waals surface area contributed by atoms with E-state index in [1.54, 1.807) is 24.3 Å². The smallest absolute Gasteiger partial charge is 0.410 e. The first kappa shape index (κ1) is 19.3. The number of carbonyl (C=O) groups is 1. The molecule has 3 nitrogen and oxygen atoms in total. The monoisotopic (exact) mass is 359 g/mol. The van der Waals surface area contributed by atoms with Gasteiger partial charge in [-0.1, -0.05) is 59.2 Å². The predicted octanol–water partition coefficient (Wildman–Crippen LogP) is 6.55. The van der Waals surface area contributed by atoms with Crippen molar-refractivity contribution in [2.24, 2.45) is 0 Å². The SMILES string of the molecule is CC(C)(C)c1cc(OC(=O)Nc2ccc(Cl)cc2)cc(C(C)(C)C)c1. The van der Waals surface area contributed by atoms with Gasteiger partial charge in [-0.05, 0) is 58.4 Å². The maximum atomic E-state index is 12.2. The van der Waals surface area contributed by atoms with Gasteiger partial charge < -0.3 is 4.74 Å². The van der Waals surface area contributed by atoms with E-state index in [2.05, 4.69) is 52.9 Å². The Hall–Kier alpha value is -2.00. The summed E-state index contributed by atoms with van der Waals surface area (Å²) in [6, 6.07) is 12.9. The number of carbonyl (C=O) groups excluding carboxylic acids is 1. The van der Waals surface area contributed by atoms with E-state index in [0.29, 0.717) is 16.5 Å². The minimum absolute atomic E-state index is 0.0357. The Labute approximate surface area is 155 Å². The highest BCUT2D eigenvalue weighted by Gasteiger charge is 2.21. The number of amides is 1. The molecule has 2 rings (SSSR count). The van der Waals surface area contributed by atoms with Gasteiger partial charge in [-0.15, -0.1) is 0 Å². The maximum Gasteiger partial charge on any atom is 0.417 e. The number of hydrogen-bond acceptors (Lipinski definition) is 2. The first-order valence-electron chi connectivity index (χ1n) is 8.35. The molecular formula is C21H26ClNO2. The van der Waals surface area contributed by atoms with Crippen LogP contribution < -0.4 is 10.1 Å². The summed E-state index contributed by atoms with van der Waals surface area (Å²) < 4.78 is 5.54. The molecule has 0 aliphatic rings. The Kier molecular flexibility index (Phi) is 5.48. The summed E-state index contributed by atoms with van der Waals surface area (Å²) in [6.45, 7) is 12.9. The summed E-state index contributed by atoms with van der Waals surface area (Å²) in [5.41, 5.74) is 2.83. The molecule has 0 atom stereocenters. The van der Waals surface area contributed by atoms with Crippen LogP contribution in [0.1, 0.15) is 52.7 Å². The fraction of sp³-hybridized carbons (Fsp3) is 0.381. The molecule has 0 spiro atoms. The number of ether oxygens (including phenoxy) is 1. The number of hydrogen-bond donors (Lipinski definition) is 1. The Morgan fingerprint density at radius 2 is 1.36 bits per heavy atom. The first-order chi connectivity index (χ1) is 11.4. The molecular weight excluding hydrogens is 334 g/mol. The lowest BCUT2D eigenvalue weighted by atomic mass is 9.80. The van der Waals surface area contributed by atoms with Gasteiger partial charge in [0, 0.05) is 10.7 Å². The third-order valence-corrected chi connectivity index (χ3v) is 4.19. The van der Waals surface area contributed by atoms with Gasteiger partial charge in [-0.2, -0.15) is 0 Å². The van der Waals surface area contributed by atoms with Crippen molar-refractivity contribution in [1.82, 2.24) is 0 Å². The zero-order valence-corrected chi connectivity index (χ0v) is 16.5. The molecule has 0 saturated heterocycles. The number of halogens is 1. The third-order valence-electron chi connectivity index (χ3n) is 3.94. The molecule has 0 aliphatic heterocycles. The lowest BCUT2D eigenvalue weighted by Gasteiger charge is -2.25. The lowest BCUT2D eigenvalue weighted by Crippen LogP contribution is -2.20. The van der Waals surface area contributed by atoms with E-state index in [9.17, 15) is 4.79 Å². The van der Waals surface area contributed by atoms with Crippen LogP contribution in [0.15, 0.2) is 42.5 Å². The van der Waals surface area contributed by atoms with Crippen molar-refractivity contribution in [2.75, 3.05) is 5.32 Å². The number of rotatable bonds is 2. The highest BCUT2D eigenvalue weighted by Crippen LogP contribution is 2.33.